The highest BCUT2D eigenvalue weighted by atomic mass is 15.2. The Morgan fingerprint density at radius 2 is 0.857 bits per heavy atom. The van der Waals surface area contributed by atoms with Crippen LogP contribution in [0.2, 0.25) is 0 Å². The van der Waals surface area contributed by atoms with Crippen LogP contribution in [0.25, 0.3) is 0 Å². The molecule has 0 aliphatic rings. The molecule has 0 aromatic rings. The van der Waals surface area contributed by atoms with E-state index in [9.17, 15) is 0 Å². The molecule has 0 saturated heterocycles. The lowest BCUT2D eigenvalue weighted by atomic mass is 9.89. The largest absolute Gasteiger partial charge is 0.298 e. The van der Waals surface area contributed by atoms with Gasteiger partial charge in [-0.2, -0.15) is 0 Å². The first-order chi connectivity index (χ1) is 9.31. The number of unbranched alkanes of at least 4 members (excludes halogenated alkanes) is 2. The minimum atomic E-state index is 0.309. The summed E-state index contributed by atoms with van der Waals surface area (Å²) < 4.78 is 0. The zero-order valence-corrected chi connectivity index (χ0v) is 16.6. The third-order valence-electron chi connectivity index (χ3n) is 4.16. The first-order valence-corrected chi connectivity index (χ1v) is 9.06. The maximum absolute atomic E-state index is 2.69. The smallest absolute Gasteiger partial charge is 0.0125 e. The third-order valence-corrected chi connectivity index (χ3v) is 4.16. The molecule has 0 heterocycles. The Labute approximate surface area is 135 Å². The number of hydrogen-bond acceptors (Lipinski definition) is 1. The fourth-order valence-corrected chi connectivity index (χ4v) is 2.70. The van der Waals surface area contributed by atoms with E-state index >= 15 is 0 Å². The SMILES string of the molecule is CC(C)(C)CCCCN(CCCCC(C)(C)C)C(C)(C)C. The first-order valence-electron chi connectivity index (χ1n) is 9.06. The highest BCUT2D eigenvalue weighted by Gasteiger charge is 2.21. The Morgan fingerprint density at radius 1 is 0.524 bits per heavy atom. The van der Waals surface area contributed by atoms with Crippen LogP contribution < -0.4 is 0 Å². The first kappa shape index (κ1) is 21.0. The summed E-state index contributed by atoms with van der Waals surface area (Å²) in [5.74, 6) is 0. The van der Waals surface area contributed by atoms with Crippen LogP contribution in [0.3, 0.4) is 0 Å². The Kier molecular flexibility index (Phi) is 8.54. The molecule has 0 bridgehead atoms. The van der Waals surface area contributed by atoms with Crippen LogP contribution in [0.1, 0.15) is 101 Å². The van der Waals surface area contributed by atoms with Gasteiger partial charge in [-0.05, 0) is 70.4 Å². The highest BCUT2D eigenvalue weighted by Crippen LogP contribution is 2.24. The lowest BCUT2D eigenvalue weighted by Crippen LogP contribution is -2.42. The van der Waals surface area contributed by atoms with Gasteiger partial charge in [0.25, 0.3) is 0 Å². The maximum Gasteiger partial charge on any atom is 0.0125 e. The van der Waals surface area contributed by atoms with E-state index in [0.717, 1.165) is 0 Å². The maximum atomic E-state index is 2.69. The molecule has 0 radical (unpaired) electrons. The lowest BCUT2D eigenvalue weighted by molar-refractivity contribution is 0.127. The summed E-state index contributed by atoms with van der Waals surface area (Å²) in [4.78, 5) is 2.69. The van der Waals surface area contributed by atoms with Gasteiger partial charge in [0.2, 0.25) is 0 Å². The molecule has 0 N–H and O–H groups in total. The molecular weight excluding hydrogens is 254 g/mol. The van der Waals surface area contributed by atoms with Crippen molar-refractivity contribution in [1.82, 2.24) is 4.90 Å². The average Bonchev–Trinajstić information content (AvgIpc) is 2.22. The summed E-state index contributed by atoms with van der Waals surface area (Å²) in [6.45, 7) is 23.7. The van der Waals surface area contributed by atoms with Crippen molar-refractivity contribution >= 4 is 0 Å². The van der Waals surface area contributed by atoms with Crippen molar-refractivity contribution in [2.75, 3.05) is 13.1 Å². The molecule has 1 heteroatoms. The van der Waals surface area contributed by atoms with Crippen LogP contribution >= 0.6 is 0 Å². The van der Waals surface area contributed by atoms with Crippen molar-refractivity contribution in [3.05, 3.63) is 0 Å². The second-order valence-corrected chi connectivity index (χ2v) is 10.2. The zero-order valence-electron chi connectivity index (χ0n) is 16.6. The van der Waals surface area contributed by atoms with Gasteiger partial charge in [-0.25, -0.2) is 0 Å². The van der Waals surface area contributed by atoms with Crippen molar-refractivity contribution in [2.45, 2.75) is 106 Å². The van der Waals surface area contributed by atoms with Crippen LogP contribution in [0.4, 0.5) is 0 Å². The standard InChI is InChI=1S/C20H43N/c1-18(2,3)14-10-12-16-21(20(7,8)9)17-13-11-15-19(4,5)6/h10-17H2,1-9H3. The Morgan fingerprint density at radius 3 is 1.10 bits per heavy atom. The second kappa shape index (κ2) is 8.56. The van der Waals surface area contributed by atoms with E-state index in [0.29, 0.717) is 16.4 Å². The van der Waals surface area contributed by atoms with E-state index < -0.39 is 0 Å². The summed E-state index contributed by atoms with van der Waals surface area (Å²) in [5, 5.41) is 0. The number of rotatable bonds is 8. The zero-order chi connectivity index (χ0) is 16.7. The van der Waals surface area contributed by atoms with E-state index in [4.69, 9.17) is 0 Å². The topological polar surface area (TPSA) is 3.24 Å². The lowest BCUT2D eigenvalue weighted by Gasteiger charge is -2.36. The van der Waals surface area contributed by atoms with Crippen LogP contribution in [-0.4, -0.2) is 23.5 Å². The van der Waals surface area contributed by atoms with Gasteiger partial charge >= 0.3 is 0 Å². The van der Waals surface area contributed by atoms with Crippen molar-refractivity contribution < 1.29 is 0 Å². The Hall–Kier alpha value is -0.0400. The average molecular weight is 298 g/mol. The molecule has 0 spiro atoms. The monoisotopic (exact) mass is 297 g/mol. The van der Waals surface area contributed by atoms with Crippen molar-refractivity contribution in [3.8, 4) is 0 Å². The van der Waals surface area contributed by atoms with Gasteiger partial charge < -0.3 is 0 Å². The van der Waals surface area contributed by atoms with Crippen molar-refractivity contribution in [1.29, 1.82) is 0 Å². The molecule has 0 atom stereocenters. The molecule has 0 aliphatic heterocycles. The predicted octanol–water partition coefficient (Wildman–Crippen LogP) is 6.52. The van der Waals surface area contributed by atoms with Gasteiger partial charge in [-0.1, -0.05) is 54.4 Å². The van der Waals surface area contributed by atoms with Crippen LogP contribution in [0.15, 0.2) is 0 Å². The summed E-state index contributed by atoms with van der Waals surface area (Å²) >= 11 is 0. The molecule has 1 nitrogen and oxygen atoms in total. The minimum absolute atomic E-state index is 0.309. The fourth-order valence-electron chi connectivity index (χ4n) is 2.70. The van der Waals surface area contributed by atoms with Gasteiger partial charge in [0.1, 0.15) is 0 Å². The minimum Gasteiger partial charge on any atom is -0.298 e. The molecule has 0 amide bonds. The van der Waals surface area contributed by atoms with Gasteiger partial charge in [-0.3, -0.25) is 4.90 Å². The van der Waals surface area contributed by atoms with E-state index in [2.05, 4.69) is 67.2 Å². The molecule has 0 aliphatic carbocycles. The third kappa shape index (κ3) is 13.4. The van der Waals surface area contributed by atoms with E-state index in [-0.39, 0.29) is 0 Å². The molecule has 21 heavy (non-hydrogen) atoms. The molecule has 0 aromatic carbocycles. The van der Waals surface area contributed by atoms with Crippen molar-refractivity contribution in [3.63, 3.8) is 0 Å². The molecular formula is C20H43N. The Balaban J connectivity index is 4.06. The number of hydrogen-bond donors (Lipinski definition) is 0. The molecule has 0 rings (SSSR count). The summed E-state index contributed by atoms with van der Waals surface area (Å²) in [5.41, 5.74) is 1.28. The van der Waals surface area contributed by atoms with E-state index in [1.807, 2.05) is 0 Å². The molecule has 128 valence electrons. The number of nitrogens with zero attached hydrogens (tertiary/aromatic N) is 1. The highest BCUT2D eigenvalue weighted by molar-refractivity contribution is 4.77. The summed E-state index contributed by atoms with van der Waals surface area (Å²) in [6, 6.07) is 0. The van der Waals surface area contributed by atoms with Crippen LogP contribution in [-0.2, 0) is 0 Å². The van der Waals surface area contributed by atoms with Crippen LogP contribution in [0.5, 0.6) is 0 Å². The quantitative estimate of drug-likeness (QED) is 0.461. The van der Waals surface area contributed by atoms with Gasteiger partial charge in [0.15, 0.2) is 0 Å². The Bertz CT molecular complexity index is 237. The molecule has 0 aromatic heterocycles. The molecule has 0 fully saturated rings. The van der Waals surface area contributed by atoms with Gasteiger partial charge in [-0.15, -0.1) is 0 Å². The summed E-state index contributed by atoms with van der Waals surface area (Å²) in [6.07, 6.45) is 8.09. The second-order valence-electron chi connectivity index (χ2n) is 10.2. The summed E-state index contributed by atoms with van der Waals surface area (Å²) in [7, 11) is 0. The molecule has 0 unspecified atom stereocenters. The predicted molar refractivity (Wildman–Crippen MR) is 97.9 cm³/mol. The fraction of sp³-hybridized carbons (Fsp3) is 1.00. The molecule has 0 saturated carbocycles. The normalized spacial score (nSPS) is 14.0. The van der Waals surface area contributed by atoms with Gasteiger partial charge in [0.05, 0.1) is 0 Å². The van der Waals surface area contributed by atoms with Crippen molar-refractivity contribution in [2.24, 2.45) is 10.8 Å². The van der Waals surface area contributed by atoms with Gasteiger partial charge in [0, 0.05) is 5.54 Å². The van der Waals surface area contributed by atoms with E-state index in [1.54, 1.807) is 0 Å². The van der Waals surface area contributed by atoms with Crippen LogP contribution in [0, 0.1) is 10.8 Å². The van der Waals surface area contributed by atoms with E-state index in [1.165, 1.54) is 51.6 Å².